The average Bonchev–Trinajstić information content (AvgIpc) is 2.64. The predicted octanol–water partition coefficient (Wildman–Crippen LogP) is -1.16. The summed E-state index contributed by atoms with van der Waals surface area (Å²) in [5, 5.41) is 16.1. The van der Waals surface area contributed by atoms with E-state index in [0.717, 1.165) is 0 Å². The largest absolute Gasteiger partial charge is 0.480 e. The van der Waals surface area contributed by atoms with Gasteiger partial charge >= 0.3 is 5.97 Å². The van der Waals surface area contributed by atoms with Crippen LogP contribution < -0.4 is 27.4 Å². The maximum absolute atomic E-state index is 12.8. The van der Waals surface area contributed by atoms with E-state index in [9.17, 15) is 24.0 Å². The summed E-state index contributed by atoms with van der Waals surface area (Å²) in [6, 6.07) is -4.41. The molecular weight excluding hydrogens is 394 g/mol. The molecular formula is C19H35N5O6. The van der Waals surface area contributed by atoms with Crippen LogP contribution in [-0.2, 0) is 24.0 Å². The monoisotopic (exact) mass is 429 g/mol. The Labute approximate surface area is 176 Å². The molecule has 0 aromatic rings. The lowest BCUT2D eigenvalue weighted by Gasteiger charge is -2.26. The van der Waals surface area contributed by atoms with Crippen LogP contribution in [0.4, 0.5) is 0 Å². The van der Waals surface area contributed by atoms with Gasteiger partial charge < -0.3 is 32.5 Å². The van der Waals surface area contributed by atoms with E-state index in [4.69, 9.17) is 16.6 Å². The number of primary amides is 1. The fraction of sp³-hybridized carbons (Fsp3) is 0.737. The highest BCUT2D eigenvalue weighted by atomic mass is 16.4. The second-order valence-electron chi connectivity index (χ2n) is 7.90. The molecule has 5 atom stereocenters. The third kappa shape index (κ3) is 9.68. The van der Waals surface area contributed by atoms with Crippen molar-refractivity contribution >= 4 is 29.6 Å². The van der Waals surface area contributed by atoms with Crippen molar-refractivity contribution in [2.45, 2.75) is 78.0 Å². The van der Waals surface area contributed by atoms with Crippen molar-refractivity contribution in [1.82, 2.24) is 16.0 Å². The molecule has 0 saturated heterocycles. The van der Waals surface area contributed by atoms with E-state index in [-0.39, 0.29) is 18.3 Å². The van der Waals surface area contributed by atoms with Gasteiger partial charge in [-0.15, -0.1) is 0 Å². The number of carboxylic acid groups (broad SMARTS) is 1. The molecule has 0 heterocycles. The van der Waals surface area contributed by atoms with Crippen molar-refractivity contribution in [2.24, 2.45) is 23.3 Å². The van der Waals surface area contributed by atoms with Crippen LogP contribution in [0.3, 0.4) is 0 Å². The van der Waals surface area contributed by atoms with Gasteiger partial charge in [-0.2, -0.15) is 0 Å². The van der Waals surface area contributed by atoms with Gasteiger partial charge in [0, 0.05) is 0 Å². The molecule has 4 amide bonds. The number of hydrogen-bond donors (Lipinski definition) is 6. The summed E-state index contributed by atoms with van der Waals surface area (Å²) >= 11 is 0. The molecule has 0 aromatic carbocycles. The molecule has 0 aliphatic rings. The summed E-state index contributed by atoms with van der Waals surface area (Å²) in [6.45, 7) is 8.65. The number of nitrogens with one attached hydrogen (secondary N) is 3. The first-order chi connectivity index (χ1) is 13.8. The van der Waals surface area contributed by atoms with Gasteiger partial charge in [-0.25, -0.2) is 0 Å². The molecule has 0 rings (SSSR count). The SMILES string of the molecule is CCC(C)C(N)C(=O)NC(CC(C)C)C(=O)NC(CC(N)=O)C(=O)NC(C)C(=O)O. The quantitative estimate of drug-likeness (QED) is 0.212. The third-order valence-corrected chi connectivity index (χ3v) is 4.67. The molecule has 30 heavy (non-hydrogen) atoms. The van der Waals surface area contributed by atoms with Crippen LogP contribution in [0.15, 0.2) is 0 Å². The second kappa shape index (κ2) is 12.8. The topological polar surface area (TPSA) is 194 Å². The van der Waals surface area contributed by atoms with Crippen LogP contribution in [0.5, 0.6) is 0 Å². The Morgan fingerprint density at radius 2 is 1.37 bits per heavy atom. The Morgan fingerprint density at radius 3 is 1.80 bits per heavy atom. The summed E-state index contributed by atoms with van der Waals surface area (Å²) in [5.41, 5.74) is 11.1. The minimum absolute atomic E-state index is 0.0244. The van der Waals surface area contributed by atoms with Crippen molar-refractivity contribution in [2.75, 3.05) is 0 Å². The van der Waals surface area contributed by atoms with Crippen molar-refractivity contribution < 1.29 is 29.1 Å². The number of carbonyl (C=O) groups is 5. The lowest BCUT2D eigenvalue weighted by molar-refractivity contribution is -0.142. The smallest absolute Gasteiger partial charge is 0.325 e. The van der Waals surface area contributed by atoms with E-state index in [1.807, 2.05) is 27.7 Å². The molecule has 11 nitrogen and oxygen atoms in total. The fourth-order valence-corrected chi connectivity index (χ4v) is 2.54. The van der Waals surface area contributed by atoms with Gasteiger partial charge in [0.25, 0.3) is 0 Å². The molecule has 172 valence electrons. The summed E-state index contributed by atoms with van der Waals surface area (Å²) in [6.07, 6.45) is 0.415. The normalized spacial score (nSPS) is 16.0. The van der Waals surface area contributed by atoms with Crippen LogP contribution in [0, 0.1) is 11.8 Å². The van der Waals surface area contributed by atoms with Crippen molar-refractivity contribution in [3.05, 3.63) is 0 Å². The number of aliphatic carboxylic acids is 1. The molecule has 0 radical (unpaired) electrons. The zero-order valence-electron chi connectivity index (χ0n) is 18.2. The molecule has 0 saturated carbocycles. The number of carbonyl (C=O) groups excluding carboxylic acids is 4. The zero-order chi connectivity index (χ0) is 23.6. The molecule has 0 bridgehead atoms. The van der Waals surface area contributed by atoms with Crippen LogP contribution >= 0.6 is 0 Å². The van der Waals surface area contributed by atoms with Gasteiger partial charge in [-0.1, -0.05) is 34.1 Å². The van der Waals surface area contributed by atoms with E-state index in [2.05, 4.69) is 16.0 Å². The maximum atomic E-state index is 12.8. The highest BCUT2D eigenvalue weighted by molar-refractivity contribution is 5.96. The summed E-state index contributed by atoms with van der Waals surface area (Å²) < 4.78 is 0. The van der Waals surface area contributed by atoms with Crippen molar-refractivity contribution in [1.29, 1.82) is 0 Å². The van der Waals surface area contributed by atoms with Crippen molar-refractivity contribution in [3.8, 4) is 0 Å². The van der Waals surface area contributed by atoms with Crippen LogP contribution in [0.2, 0.25) is 0 Å². The molecule has 0 fully saturated rings. The Bertz CT molecular complexity index is 639. The second-order valence-corrected chi connectivity index (χ2v) is 7.90. The first kappa shape index (κ1) is 27.3. The Kier molecular flexibility index (Phi) is 11.6. The number of amides is 4. The first-order valence-electron chi connectivity index (χ1n) is 9.97. The number of carboxylic acids is 1. The lowest BCUT2D eigenvalue weighted by atomic mass is 9.97. The fourth-order valence-electron chi connectivity index (χ4n) is 2.54. The maximum Gasteiger partial charge on any atom is 0.325 e. The summed E-state index contributed by atoms with van der Waals surface area (Å²) in [5.74, 6) is -4.28. The van der Waals surface area contributed by atoms with Crippen LogP contribution in [0.1, 0.15) is 53.9 Å². The van der Waals surface area contributed by atoms with Crippen LogP contribution in [-0.4, -0.2) is 58.9 Å². The summed E-state index contributed by atoms with van der Waals surface area (Å²) in [7, 11) is 0. The average molecular weight is 430 g/mol. The van der Waals surface area contributed by atoms with Gasteiger partial charge in [-0.3, -0.25) is 24.0 Å². The minimum atomic E-state index is -1.38. The van der Waals surface area contributed by atoms with Gasteiger partial charge in [0.15, 0.2) is 0 Å². The van der Waals surface area contributed by atoms with Gasteiger partial charge in [0.05, 0.1) is 12.5 Å². The minimum Gasteiger partial charge on any atom is -0.480 e. The van der Waals surface area contributed by atoms with Gasteiger partial charge in [-0.05, 0) is 25.2 Å². The van der Waals surface area contributed by atoms with E-state index in [0.29, 0.717) is 6.42 Å². The van der Waals surface area contributed by atoms with E-state index < -0.39 is 60.2 Å². The number of rotatable bonds is 13. The standard InChI is InChI=1S/C19H35N5O6/c1-6-10(4)15(21)18(28)24-12(7-9(2)3)17(27)23-13(8-14(20)25)16(26)22-11(5)19(29)30/h9-13,15H,6-8,21H2,1-5H3,(H2,20,25)(H,22,26)(H,23,27)(H,24,28)(H,29,30). The van der Waals surface area contributed by atoms with Gasteiger partial charge in [0.2, 0.25) is 23.6 Å². The number of hydrogen-bond acceptors (Lipinski definition) is 6. The van der Waals surface area contributed by atoms with E-state index in [1.165, 1.54) is 6.92 Å². The highest BCUT2D eigenvalue weighted by Gasteiger charge is 2.31. The van der Waals surface area contributed by atoms with Crippen molar-refractivity contribution in [3.63, 3.8) is 0 Å². The number of nitrogens with two attached hydrogens (primary N) is 2. The summed E-state index contributed by atoms with van der Waals surface area (Å²) in [4.78, 5) is 59.8. The molecule has 0 aromatic heterocycles. The molecule has 0 spiro atoms. The third-order valence-electron chi connectivity index (χ3n) is 4.67. The molecule has 5 unspecified atom stereocenters. The van der Waals surface area contributed by atoms with E-state index >= 15 is 0 Å². The molecule has 0 aliphatic carbocycles. The first-order valence-corrected chi connectivity index (χ1v) is 9.97. The highest BCUT2D eigenvalue weighted by Crippen LogP contribution is 2.09. The van der Waals surface area contributed by atoms with Crippen LogP contribution in [0.25, 0.3) is 0 Å². The zero-order valence-corrected chi connectivity index (χ0v) is 18.2. The Balaban J connectivity index is 5.41. The molecule has 8 N–H and O–H groups in total. The lowest BCUT2D eigenvalue weighted by Crippen LogP contribution is -2.58. The van der Waals surface area contributed by atoms with Gasteiger partial charge in [0.1, 0.15) is 18.1 Å². The molecule has 0 aliphatic heterocycles. The van der Waals surface area contributed by atoms with E-state index in [1.54, 1.807) is 0 Å². The molecule has 11 heteroatoms. The Morgan fingerprint density at radius 1 is 0.867 bits per heavy atom. The predicted molar refractivity (Wildman–Crippen MR) is 110 cm³/mol. The Hall–Kier alpha value is -2.69.